The highest BCUT2D eigenvalue weighted by Crippen LogP contribution is 2.22. The molecule has 3 heteroatoms. The molecular formula is C21H36O3. The van der Waals surface area contributed by atoms with Crippen LogP contribution < -0.4 is 0 Å². The lowest BCUT2D eigenvalue weighted by molar-refractivity contribution is -0.0278. The molecular weight excluding hydrogens is 300 g/mol. The van der Waals surface area contributed by atoms with Gasteiger partial charge in [-0.25, -0.2) is 4.79 Å². The number of carbonyl (C=O) groups is 1. The molecule has 138 valence electrons. The van der Waals surface area contributed by atoms with Crippen LogP contribution in [0, 0.1) is 11.8 Å². The Morgan fingerprint density at radius 3 is 2.17 bits per heavy atom. The van der Waals surface area contributed by atoms with E-state index < -0.39 is 11.8 Å². The van der Waals surface area contributed by atoms with Crippen LogP contribution in [0.25, 0.3) is 0 Å². The maximum Gasteiger partial charge on any atom is 0.508 e. The second-order valence-corrected chi connectivity index (χ2v) is 7.25. The van der Waals surface area contributed by atoms with Gasteiger partial charge in [0, 0.05) is 0 Å². The summed E-state index contributed by atoms with van der Waals surface area (Å²) < 4.78 is 10.5. The topological polar surface area (TPSA) is 35.5 Å². The molecule has 0 aromatic rings. The number of ether oxygens (including phenoxy) is 2. The van der Waals surface area contributed by atoms with Gasteiger partial charge in [0.05, 0.1) is 6.61 Å². The SMILES string of the molecule is CC/C=C\C/C=C\C/C=C\C(C)CC(C)(C)OC(=O)OCC(C)C. The normalized spacial score (nSPS) is 14.1. The summed E-state index contributed by atoms with van der Waals surface area (Å²) in [5.74, 6) is 0.652. The fourth-order valence-corrected chi connectivity index (χ4v) is 2.30. The third kappa shape index (κ3) is 14.1. The predicted molar refractivity (Wildman–Crippen MR) is 102 cm³/mol. The molecule has 0 bridgehead atoms. The van der Waals surface area contributed by atoms with Gasteiger partial charge in [0.15, 0.2) is 0 Å². The molecule has 0 saturated carbocycles. The van der Waals surface area contributed by atoms with Crippen LogP contribution in [0.1, 0.15) is 67.2 Å². The van der Waals surface area contributed by atoms with Crippen molar-refractivity contribution >= 4 is 6.16 Å². The van der Waals surface area contributed by atoms with Gasteiger partial charge in [-0.05, 0) is 51.4 Å². The van der Waals surface area contributed by atoms with E-state index in [0.29, 0.717) is 18.4 Å². The van der Waals surface area contributed by atoms with E-state index in [0.717, 1.165) is 25.7 Å². The van der Waals surface area contributed by atoms with Crippen molar-refractivity contribution in [2.75, 3.05) is 6.61 Å². The lowest BCUT2D eigenvalue weighted by Gasteiger charge is -2.26. The van der Waals surface area contributed by atoms with Crippen LogP contribution in [0.4, 0.5) is 4.79 Å². The number of allylic oxidation sites excluding steroid dienone is 6. The molecule has 1 atom stereocenters. The molecule has 0 rings (SSSR count). The maximum absolute atomic E-state index is 11.7. The van der Waals surface area contributed by atoms with Crippen LogP contribution in [0.3, 0.4) is 0 Å². The third-order valence-electron chi connectivity index (χ3n) is 3.29. The molecule has 0 fully saturated rings. The van der Waals surface area contributed by atoms with Crippen LogP contribution in [0.5, 0.6) is 0 Å². The molecule has 0 radical (unpaired) electrons. The first-order valence-electron chi connectivity index (χ1n) is 9.09. The number of rotatable bonds is 11. The standard InChI is InChI=1S/C21H36O3/c1-7-8-9-10-11-12-13-14-15-19(4)16-21(5,6)24-20(22)23-17-18(2)3/h8-9,11-12,14-15,18-19H,7,10,13,16-17H2,1-6H3/b9-8-,12-11-,15-14-. The molecule has 0 aromatic heterocycles. The molecule has 0 aliphatic carbocycles. The minimum absolute atomic E-state index is 0.313. The summed E-state index contributed by atoms with van der Waals surface area (Å²) in [5, 5.41) is 0. The van der Waals surface area contributed by atoms with Crippen molar-refractivity contribution in [3.8, 4) is 0 Å². The van der Waals surface area contributed by atoms with E-state index in [-0.39, 0.29) is 0 Å². The zero-order valence-corrected chi connectivity index (χ0v) is 16.4. The molecule has 0 aliphatic heterocycles. The summed E-state index contributed by atoms with van der Waals surface area (Å²) in [6, 6.07) is 0. The van der Waals surface area contributed by atoms with E-state index in [2.05, 4.69) is 50.3 Å². The average molecular weight is 337 g/mol. The Morgan fingerprint density at radius 2 is 1.58 bits per heavy atom. The van der Waals surface area contributed by atoms with Gasteiger partial charge in [-0.15, -0.1) is 0 Å². The summed E-state index contributed by atoms with van der Waals surface area (Å²) >= 11 is 0. The minimum Gasteiger partial charge on any atom is -0.434 e. The van der Waals surface area contributed by atoms with Gasteiger partial charge < -0.3 is 9.47 Å². The Morgan fingerprint density at radius 1 is 1.00 bits per heavy atom. The van der Waals surface area contributed by atoms with Crippen molar-refractivity contribution in [2.24, 2.45) is 11.8 Å². The number of hydrogen-bond acceptors (Lipinski definition) is 3. The lowest BCUT2D eigenvalue weighted by atomic mass is 9.94. The summed E-state index contributed by atoms with van der Waals surface area (Å²) in [6.45, 7) is 12.5. The third-order valence-corrected chi connectivity index (χ3v) is 3.29. The molecule has 0 heterocycles. The molecule has 0 aromatic carbocycles. The smallest absolute Gasteiger partial charge is 0.434 e. The number of carbonyl (C=O) groups excluding carboxylic acids is 1. The summed E-state index contributed by atoms with van der Waals surface area (Å²) in [5.41, 5.74) is -0.529. The van der Waals surface area contributed by atoms with Crippen LogP contribution in [-0.4, -0.2) is 18.4 Å². The molecule has 0 saturated heterocycles. The van der Waals surface area contributed by atoms with Gasteiger partial charge in [-0.3, -0.25) is 0 Å². The molecule has 0 N–H and O–H groups in total. The highest BCUT2D eigenvalue weighted by atomic mass is 16.7. The van der Waals surface area contributed by atoms with Crippen molar-refractivity contribution in [1.29, 1.82) is 0 Å². The van der Waals surface area contributed by atoms with E-state index in [4.69, 9.17) is 9.47 Å². The molecule has 0 amide bonds. The van der Waals surface area contributed by atoms with Crippen molar-refractivity contribution in [1.82, 2.24) is 0 Å². The quantitative estimate of drug-likeness (QED) is 0.321. The van der Waals surface area contributed by atoms with Gasteiger partial charge in [0.2, 0.25) is 0 Å². The summed E-state index contributed by atoms with van der Waals surface area (Å²) in [7, 11) is 0. The second-order valence-electron chi connectivity index (χ2n) is 7.25. The Labute approximate surface area is 148 Å². The average Bonchev–Trinajstić information content (AvgIpc) is 2.46. The van der Waals surface area contributed by atoms with Gasteiger partial charge in [0.25, 0.3) is 0 Å². The first-order valence-corrected chi connectivity index (χ1v) is 9.09. The van der Waals surface area contributed by atoms with Crippen molar-refractivity contribution < 1.29 is 14.3 Å². The van der Waals surface area contributed by atoms with E-state index in [9.17, 15) is 4.79 Å². The zero-order chi connectivity index (χ0) is 18.4. The van der Waals surface area contributed by atoms with E-state index in [1.165, 1.54) is 0 Å². The van der Waals surface area contributed by atoms with E-state index >= 15 is 0 Å². The highest BCUT2D eigenvalue weighted by Gasteiger charge is 2.25. The van der Waals surface area contributed by atoms with Crippen LogP contribution in [-0.2, 0) is 9.47 Å². The number of hydrogen-bond donors (Lipinski definition) is 0. The van der Waals surface area contributed by atoms with Crippen molar-refractivity contribution in [3.63, 3.8) is 0 Å². The first-order chi connectivity index (χ1) is 11.3. The Balaban J connectivity index is 4.09. The first kappa shape index (κ1) is 22.5. The molecule has 0 spiro atoms. The largest absolute Gasteiger partial charge is 0.508 e. The van der Waals surface area contributed by atoms with Gasteiger partial charge in [-0.2, -0.15) is 0 Å². The fourth-order valence-electron chi connectivity index (χ4n) is 2.30. The van der Waals surface area contributed by atoms with Crippen LogP contribution >= 0.6 is 0 Å². The monoisotopic (exact) mass is 336 g/mol. The molecule has 24 heavy (non-hydrogen) atoms. The van der Waals surface area contributed by atoms with E-state index in [1.807, 2.05) is 27.7 Å². The van der Waals surface area contributed by atoms with Gasteiger partial charge in [-0.1, -0.05) is 64.2 Å². The predicted octanol–water partition coefficient (Wildman–Crippen LogP) is 6.46. The molecule has 0 aliphatic rings. The molecule has 1 unspecified atom stereocenters. The Hall–Kier alpha value is -1.51. The Bertz CT molecular complexity index is 417. The summed E-state index contributed by atoms with van der Waals surface area (Å²) in [6.07, 6.45) is 16.3. The van der Waals surface area contributed by atoms with Gasteiger partial charge in [0.1, 0.15) is 5.60 Å². The summed E-state index contributed by atoms with van der Waals surface area (Å²) in [4.78, 5) is 11.7. The molecule has 3 nitrogen and oxygen atoms in total. The zero-order valence-electron chi connectivity index (χ0n) is 16.4. The maximum atomic E-state index is 11.7. The van der Waals surface area contributed by atoms with Crippen LogP contribution in [0.2, 0.25) is 0 Å². The fraction of sp³-hybridized carbons (Fsp3) is 0.667. The minimum atomic E-state index is -0.576. The van der Waals surface area contributed by atoms with Crippen LogP contribution in [0.15, 0.2) is 36.5 Å². The second kappa shape index (κ2) is 12.9. The van der Waals surface area contributed by atoms with Crippen molar-refractivity contribution in [3.05, 3.63) is 36.5 Å². The highest BCUT2D eigenvalue weighted by molar-refractivity contribution is 5.60. The Kier molecular flexibility index (Phi) is 12.0. The lowest BCUT2D eigenvalue weighted by Crippen LogP contribution is -2.30. The van der Waals surface area contributed by atoms with Gasteiger partial charge >= 0.3 is 6.16 Å². The van der Waals surface area contributed by atoms with E-state index in [1.54, 1.807) is 0 Å². The van der Waals surface area contributed by atoms with Crippen molar-refractivity contribution in [2.45, 2.75) is 72.8 Å².